The van der Waals surface area contributed by atoms with E-state index in [1.54, 1.807) is 0 Å². The third-order valence-electron chi connectivity index (χ3n) is 24.3. The molecule has 23 aromatic rings. The van der Waals surface area contributed by atoms with Crippen molar-refractivity contribution in [2.24, 2.45) is 0 Å². The van der Waals surface area contributed by atoms with Crippen molar-refractivity contribution < 1.29 is 0 Å². The summed E-state index contributed by atoms with van der Waals surface area (Å²) in [4.78, 5) is 42.2. The quantitative estimate of drug-likeness (QED) is 0.0992. The van der Waals surface area contributed by atoms with Crippen LogP contribution in [0.15, 0.2) is 426 Å². The van der Waals surface area contributed by atoms with Crippen molar-refractivity contribution >= 4 is 87.2 Å². The van der Waals surface area contributed by atoms with Gasteiger partial charge in [-0.2, -0.15) is 0 Å². The molecule has 0 saturated carbocycles. The van der Waals surface area contributed by atoms with Gasteiger partial charge in [-0.05, 0) is 101 Å². The lowest BCUT2D eigenvalue weighted by atomic mass is 9.87. The SMILES string of the molecule is c1ccc(-c2ccnc3c2ccc2c(-c4ccccc4)c(-c4ccc(-c5cnc6c(ccc7c(-c8ccccc8)c(-c8ccc(-c9cnc%10c(ccc%11c(-c%12ccccc%12)c(-c%12ccc(-c%13cnc%14c(ccc%15c(-c%16ccccc%16)ccnc%15%14)c%13-c%13ccccc%13)cc%12)cnc%11%10)c9-c9ccccc9)cc8)cnc76)c5-c5ccccc5)cc4)cnc23)cc1. The molecular formula is C114H70N8. The molecule has 8 nitrogen and oxygen atoms in total. The Morgan fingerprint density at radius 3 is 0.434 bits per heavy atom. The molecule has 566 valence electrons. The number of benzene rings is 15. The van der Waals surface area contributed by atoms with Gasteiger partial charge in [0.1, 0.15) is 0 Å². The van der Waals surface area contributed by atoms with E-state index in [-0.39, 0.29) is 0 Å². The van der Waals surface area contributed by atoms with Crippen molar-refractivity contribution in [2.75, 3.05) is 0 Å². The van der Waals surface area contributed by atoms with E-state index >= 15 is 0 Å². The van der Waals surface area contributed by atoms with Crippen LogP contribution in [-0.4, -0.2) is 39.9 Å². The highest BCUT2D eigenvalue weighted by atomic mass is 14.8. The fraction of sp³-hybridized carbons (Fsp3) is 0. The van der Waals surface area contributed by atoms with Crippen molar-refractivity contribution in [3.8, 4) is 156 Å². The van der Waals surface area contributed by atoms with Gasteiger partial charge in [0.2, 0.25) is 0 Å². The number of hydrogen-bond acceptors (Lipinski definition) is 8. The summed E-state index contributed by atoms with van der Waals surface area (Å²) in [5.74, 6) is 0. The topological polar surface area (TPSA) is 103 Å². The van der Waals surface area contributed by atoms with Crippen LogP contribution in [0.1, 0.15) is 0 Å². The summed E-state index contributed by atoms with van der Waals surface area (Å²) in [6.07, 6.45) is 16.0. The van der Waals surface area contributed by atoms with Crippen LogP contribution >= 0.6 is 0 Å². The minimum absolute atomic E-state index is 0.828. The Labute approximate surface area is 703 Å². The van der Waals surface area contributed by atoms with Gasteiger partial charge in [0.15, 0.2) is 0 Å². The molecule has 8 heteroatoms. The van der Waals surface area contributed by atoms with Crippen molar-refractivity contribution in [3.05, 3.63) is 426 Å². The summed E-state index contributed by atoms with van der Waals surface area (Å²) in [5.41, 5.74) is 36.9. The fourth-order valence-corrected chi connectivity index (χ4v) is 18.6. The zero-order valence-electron chi connectivity index (χ0n) is 66.0. The van der Waals surface area contributed by atoms with Gasteiger partial charge in [0.25, 0.3) is 0 Å². The summed E-state index contributed by atoms with van der Waals surface area (Å²) in [6, 6.07) is 134. The van der Waals surface area contributed by atoms with Gasteiger partial charge < -0.3 is 0 Å². The van der Waals surface area contributed by atoms with E-state index in [0.717, 1.165) is 243 Å². The normalized spacial score (nSPS) is 11.6. The Kier molecular flexibility index (Phi) is 17.4. The first kappa shape index (κ1) is 70.9. The molecule has 0 N–H and O–H groups in total. The fourth-order valence-electron chi connectivity index (χ4n) is 18.6. The molecule has 0 bridgehead atoms. The van der Waals surface area contributed by atoms with E-state index in [1.807, 2.05) is 49.6 Å². The minimum Gasteiger partial charge on any atom is -0.254 e. The summed E-state index contributed by atoms with van der Waals surface area (Å²) >= 11 is 0. The van der Waals surface area contributed by atoms with E-state index in [1.165, 1.54) is 0 Å². The lowest BCUT2D eigenvalue weighted by Crippen LogP contribution is -1.96. The Bertz CT molecular complexity index is 7550. The molecule has 0 fully saturated rings. The van der Waals surface area contributed by atoms with Crippen molar-refractivity contribution in [2.45, 2.75) is 0 Å². The van der Waals surface area contributed by atoms with Crippen LogP contribution in [0, 0.1) is 0 Å². The molecule has 0 unspecified atom stereocenters. The molecule has 0 saturated heterocycles. The Hall–Kier alpha value is -16.4. The molecule has 0 aliphatic rings. The first-order valence-electron chi connectivity index (χ1n) is 41.2. The highest BCUT2D eigenvalue weighted by molar-refractivity contribution is 6.20. The van der Waals surface area contributed by atoms with E-state index in [0.29, 0.717) is 0 Å². The maximum atomic E-state index is 5.44. The monoisotopic (exact) mass is 1550 g/mol. The van der Waals surface area contributed by atoms with E-state index in [9.17, 15) is 0 Å². The van der Waals surface area contributed by atoms with Gasteiger partial charge in [-0.25, -0.2) is 0 Å². The third-order valence-corrected chi connectivity index (χ3v) is 24.3. The van der Waals surface area contributed by atoms with Gasteiger partial charge in [-0.15, -0.1) is 0 Å². The standard InChI is InChI=1S/C114H70N8/c1-9-25-71(26-10-1)85-61-63-115-107-87(85)53-55-89-101(79-29-13-3-14-30-79)95(65-117-109(89)107)73-41-45-75(46-42-73)97-67-119-111-91(103(97)81-33-17-5-18-34-81)57-59-93-105(83-37-21-7-22-38-83)99(69-121-113(93)111)77-49-51-78(52-50-77)100-70-122-114-94(106(100)84-39-23-8-24-40-84)60-58-92-104(82-35-19-6-20-36-82)98(68-120-112(92)114)76-47-43-74(44-48-76)96-66-118-110-90(102(96)80-31-15-4-16-32-80)56-54-88-86(62-64-116-108(88)110)72-27-11-2-12-28-72/h1-70H. The van der Waals surface area contributed by atoms with Gasteiger partial charge in [0, 0.05) is 159 Å². The number of aromatic nitrogens is 8. The van der Waals surface area contributed by atoms with Gasteiger partial charge in [0.05, 0.1) is 44.1 Å². The van der Waals surface area contributed by atoms with Crippen molar-refractivity contribution in [3.63, 3.8) is 0 Å². The van der Waals surface area contributed by atoms with Crippen LogP contribution in [0.25, 0.3) is 243 Å². The number of rotatable bonds is 14. The smallest absolute Gasteiger partial charge is 0.0971 e. The third kappa shape index (κ3) is 12.1. The molecule has 0 atom stereocenters. The molecular weight excluding hydrogens is 1480 g/mol. The summed E-state index contributed by atoms with van der Waals surface area (Å²) in [5, 5.41) is 8.28. The summed E-state index contributed by atoms with van der Waals surface area (Å²) < 4.78 is 0. The van der Waals surface area contributed by atoms with E-state index in [2.05, 4.69) is 376 Å². The van der Waals surface area contributed by atoms with Crippen LogP contribution in [0.5, 0.6) is 0 Å². The van der Waals surface area contributed by atoms with Gasteiger partial charge in [-0.3, -0.25) is 39.9 Å². The number of nitrogens with zero attached hydrogens (tertiary/aromatic N) is 8. The summed E-state index contributed by atoms with van der Waals surface area (Å²) in [7, 11) is 0. The number of hydrogen-bond donors (Lipinski definition) is 0. The first-order chi connectivity index (χ1) is 60.6. The predicted octanol–water partition coefficient (Wildman–Crippen LogP) is 29.4. The Morgan fingerprint density at radius 1 is 0.107 bits per heavy atom. The van der Waals surface area contributed by atoms with Crippen LogP contribution < -0.4 is 0 Å². The zero-order chi connectivity index (χ0) is 80.6. The van der Waals surface area contributed by atoms with Crippen molar-refractivity contribution in [1.29, 1.82) is 0 Å². The van der Waals surface area contributed by atoms with Crippen LogP contribution in [0.4, 0.5) is 0 Å². The molecule has 0 aliphatic heterocycles. The first-order valence-corrected chi connectivity index (χ1v) is 41.2. The van der Waals surface area contributed by atoms with Crippen LogP contribution in [-0.2, 0) is 0 Å². The van der Waals surface area contributed by atoms with Crippen LogP contribution in [0.2, 0.25) is 0 Å². The largest absolute Gasteiger partial charge is 0.254 e. The minimum atomic E-state index is 0.828. The highest BCUT2D eigenvalue weighted by Crippen LogP contribution is 2.50. The Morgan fingerprint density at radius 2 is 0.254 bits per heavy atom. The maximum Gasteiger partial charge on any atom is 0.0971 e. The number of pyridine rings is 8. The lowest BCUT2D eigenvalue weighted by Gasteiger charge is -2.19. The van der Waals surface area contributed by atoms with Crippen molar-refractivity contribution in [1.82, 2.24) is 39.9 Å². The Balaban J connectivity index is 0.598. The second-order valence-electron chi connectivity index (χ2n) is 31.1. The van der Waals surface area contributed by atoms with Gasteiger partial charge >= 0.3 is 0 Å². The average Bonchev–Trinajstić information content (AvgIpc) is 0.742. The molecule has 15 aromatic carbocycles. The van der Waals surface area contributed by atoms with Gasteiger partial charge in [-0.1, -0.05) is 364 Å². The van der Waals surface area contributed by atoms with Crippen LogP contribution in [0.3, 0.4) is 0 Å². The van der Waals surface area contributed by atoms with E-state index in [4.69, 9.17) is 39.9 Å². The molecule has 122 heavy (non-hydrogen) atoms. The molecule has 8 heterocycles. The molecule has 0 radical (unpaired) electrons. The lowest BCUT2D eigenvalue weighted by molar-refractivity contribution is 1.36. The predicted molar refractivity (Wildman–Crippen MR) is 505 cm³/mol. The maximum absolute atomic E-state index is 5.44. The summed E-state index contributed by atoms with van der Waals surface area (Å²) in [6.45, 7) is 0. The average molecular weight is 1550 g/mol. The second kappa shape index (κ2) is 29.9. The second-order valence-corrected chi connectivity index (χ2v) is 31.1. The molecule has 8 aromatic heterocycles. The molecule has 0 amide bonds. The highest BCUT2D eigenvalue weighted by Gasteiger charge is 2.26. The number of fused-ring (bicyclic) bond motifs is 12. The van der Waals surface area contributed by atoms with E-state index < -0.39 is 0 Å². The zero-order valence-corrected chi connectivity index (χ0v) is 66.0. The molecule has 23 rings (SSSR count). The molecule has 0 spiro atoms. The molecule has 0 aliphatic carbocycles.